The van der Waals surface area contributed by atoms with Gasteiger partial charge in [-0.2, -0.15) is 5.10 Å². The van der Waals surface area contributed by atoms with Crippen LogP contribution in [0, 0.1) is 0 Å². The van der Waals surface area contributed by atoms with Gasteiger partial charge in [-0.1, -0.05) is 12.1 Å². The van der Waals surface area contributed by atoms with Crippen LogP contribution >= 0.6 is 0 Å². The number of morpholine rings is 1. The topological polar surface area (TPSA) is 99.9 Å². The van der Waals surface area contributed by atoms with E-state index >= 15 is 0 Å². The van der Waals surface area contributed by atoms with Crippen molar-refractivity contribution in [1.29, 1.82) is 0 Å². The lowest BCUT2D eigenvalue weighted by Gasteiger charge is -2.36. The predicted molar refractivity (Wildman–Crippen MR) is 105 cm³/mol. The first kappa shape index (κ1) is 19.3. The van der Waals surface area contributed by atoms with Gasteiger partial charge in [0.2, 0.25) is 0 Å². The van der Waals surface area contributed by atoms with Crippen LogP contribution in [0.25, 0.3) is 0 Å². The molecule has 2 aromatic rings. The summed E-state index contributed by atoms with van der Waals surface area (Å²) in [5, 5.41) is 16.9. The molecule has 0 radical (unpaired) electrons. The number of piperidine rings is 1. The third kappa shape index (κ3) is 4.19. The van der Waals surface area contributed by atoms with E-state index in [1.165, 1.54) is 0 Å². The Hall–Kier alpha value is -3.07. The summed E-state index contributed by atoms with van der Waals surface area (Å²) in [5.74, 6) is 0.628. The van der Waals surface area contributed by atoms with Gasteiger partial charge >= 0.3 is 6.03 Å². The number of urea groups is 1. The van der Waals surface area contributed by atoms with Crippen LogP contribution in [0.3, 0.4) is 0 Å². The zero-order chi connectivity index (χ0) is 20.4. The maximum atomic E-state index is 12.9. The summed E-state index contributed by atoms with van der Waals surface area (Å²) in [6.07, 6.45) is 2.88. The minimum atomic E-state index is -0.569. The molecule has 9 heteroatoms. The van der Waals surface area contributed by atoms with Gasteiger partial charge < -0.3 is 20.1 Å². The van der Waals surface area contributed by atoms with Crippen molar-refractivity contribution in [2.75, 3.05) is 31.1 Å². The van der Waals surface area contributed by atoms with Crippen molar-refractivity contribution in [1.82, 2.24) is 20.0 Å². The summed E-state index contributed by atoms with van der Waals surface area (Å²) in [6.45, 7) is 1.80. The zero-order valence-corrected chi connectivity index (χ0v) is 16.3. The number of nitrogens with zero attached hydrogens (tertiary/aromatic N) is 4. The van der Waals surface area contributed by atoms with Crippen molar-refractivity contribution in [3.05, 3.63) is 42.1 Å². The molecular weight excluding hydrogens is 374 g/mol. The lowest BCUT2D eigenvalue weighted by molar-refractivity contribution is -0.121. The van der Waals surface area contributed by atoms with E-state index in [0.29, 0.717) is 38.5 Å². The van der Waals surface area contributed by atoms with Crippen LogP contribution in [-0.4, -0.2) is 64.0 Å². The van der Waals surface area contributed by atoms with Crippen molar-refractivity contribution in [2.24, 2.45) is 7.05 Å². The third-order valence-electron chi connectivity index (χ3n) is 5.31. The Kier molecular flexibility index (Phi) is 5.39. The lowest BCUT2D eigenvalue weighted by Crippen LogP contribution is -2.56. The average molecular weight is 399 g/mol. The lowest BCUT2D eigenvalue weighted by atomic mass is 10.0. The molecule has 1 aromatic carbocycles. The van der Waals surface area contributed by atoms with Crippen molar-refractivity contribution in [3.63, 3.8) is 0 Å². The van der Waals surface area contributed by atoms with Crippen molar-refractivity contribution >= 4 is 17.8 Å². The van der Waals surface area contributed by atoms with Gasteiger partial charge in [0.25, 0.3) is 5.91 Å². The summed E-state index contributed by atoms with van der Waals surface area (Å²) in [7, 11) is 1.80. The minimum absolute atomic E-state index is 0.138. The first-order valence-electron chi connectivity index (χ1n) is 9.78. The molecule has 3 heterocycles. The molecule has 0 spiro atoms. The molecule has 2 atom stereocenters. The number of nitrogens with one attached hydrogen (secondary N) is 1. The van der Waals surface area contributed by atoms with Crippen LogP contribution in [0.4, 0.5) is 10.6 Å². The summed E-state index contributed by atoms with van der Waals surface area (Å²) in [4.78, 5) is 29.0. The monoisotopic (exact) mass is 399 g/mol. The molecule has 2 fully saturated rings. The Balaban J connectivity index is 1.40. The number of amides is 3. The first-order valence-corrected chi connectivity index (χ1v) is 9.78. The van der Waals surface area contributed by atoms with E-state index in [0.717, 1.165) is 12.0 Å². The fourth-order valence-corrected chi connectivity index (χ4v) is 3.78. The van der Waals surface area contributed by atoms with E-state index in [1.807, 2.05) is 6.07 Å². The van der Waals surface area contributed by atoms with Crippen LogP contribution in [0.5, 0.6) is 5.75 Å². The van der Waals surface area contributed by atoms with E-state index in [4.69, 9.17) is 4.74 Å². The molecule has 29 heavy (non-hydrogen) atoms. The number of hydrogen-bond acceptors (Lipinski definition) is 5. The molecule has 2 saturated heterocycles. The number of aryl methyl sites for hydroxylation is 1. The molecule has 9 nitrogen and oxygen atoms in total. The van der Waals surface area contributed by atoms with E-state index in [2.05, 4.69) is 10.4 Å². The largest absolute Gasteiger partial charge is 0.508 e. The summed E-state index contributed by atoms with van der Waals surface area (Å²) in [5.41, 5.74) is 0.817. The maximum Gasteiger partial charge on any atom is 0.318 e. The molecule has 2 aliphatic heterocycles. The van der Waals surface area contributed by atoms with Crippen LogP contribution < -0.4 is 10.2 Å². The van der Waals surface area contributed by atoms with E-state index in [9.17, 15) is 14.7 Å². The Morgan fingerprint density at radius 3 is 2.93 bits per heavy atom. The van der Waals surface area contributed by atoms with Gasteiger partial charge in [-0.3, -0.25) is 14.4 Å². The number of carbonyl (C=O) groups is 2. The smallest absolute Gasteiger partial charge is 0.318 e. The van der Waals surface area contributed by atoms with Gasteiger partial charge in [0.15, 0.2) is 5.82 Å². The third-order valence-corrected chi connectivity index (χ3v) is 5.31. The number of phenols is 1. The Bertz CT molecular complexity index is 899. The molecule has 0 aliphatic carbocycles. The summed E-state index contributed by atoms with van der Waals surface area (Å²) in [6, 6.07) is 7.80. The number of aromatic nitrogens is 2. The van der Waals surface area contributed by atoms with Crippen LogP contribution in [0.1, 0.15) is 24.5 Å². The Labute approximate surface area is 168 Å². The van der Waals surface area contributed by atoms with Gasteiger partial charge in [0.1, 0.15) is 17.9 Å². The van der Waals surface area contributed by atoms with Crippen LogP contribution in [-0.2, 0) is 16.6 Å². The van der Waals surface area contributed by atoms with Gasteiger partial charge in [0, 0.05) is 32.4 Å². The molecule has 2 unspecified atom stereocenters. The maximum absolute atomic E-state index is 12.9. The van der Waals surface area contributed by atoms with Gasteiger partial charge in [-0.25, -0.2) is 4.79 Å². The first-order chi connectivity index (χ1) is 14.0. The van der Waals surface area contributed by atoms with Crippen molar-refractivity contribution in [3.8, 4) is 5.75 Å². The minimum Gasteiger partial charge on any atom is -0.508 e. The van der Waals surface area contributed by atoms with Gasteiger partial charge in [-0.05, 0) is 30.5 Å². The number of phenolic OH excluding ortho intramolecular Hbond substituents is 1. The Morgan fingerprint density at radius 1 is 1.31 bits per heavy atom. The Morgan fingerprint density at radius 2 is 2.17 bits per heavy atom. The quantitative estimate of drug-likeness (QED) is 0.813. The standard InChI is InChI=1S/C20H25N5O4/c1-23-9-7-18(22-23)25-8-3-6-16(19(25)27)21-20(28)24-10-11-29-17(13-24)14-4-2-5-15(26)12-14/h2,4-5,7,9,12,16-17,26H,3,6,8,10-11,13H2,1H3,(H,21,28). The van der Waals surface area contributed by atoms with E-state index in [1.54, 1.807) is 52.0 Å². The van der Waals surface area contributed by atoms with E-state index < -0.39 is 6.04 Å². The van der Waals surface area contributed by atoms with Crippen molar-refractivity contribution < 1.29 is 19.4 Å². The predicted octanol–water partition coefficient (Wildman–Crippen LogP) is 1.40. The van der Waals surface area contributed by atoms with Crippen LogP contribution in [0.15, 0.2) is 36.5 Å². The highest BCUT2D eigenvalue weighted by atomic mass is 16.5. The molecule has 3 amide bonds. The van der Waals surface area contributed by atoms with Gasteiger partial charge in [-0.15, -0.1) is 0 Å². The zero-order valence-electron chi connectivity index (χ0n) is 16.3. The number of ether oxygens (including phenoxy) is 1. The normalized spacial score (nSPS) is 22.6. The fraction of sp³-hybridized carbons (Fsp3) is 0.450. The van der Waals surface area contributed by atoms with Crippen LogP contribution in [0.2, 0.25) is 0 Å². The summed E-state index contributed by atoms with van der Waals surface area (Å²) >= 11 is 0. The second-order valence-corrected chi connectivity index (χ2v) is 7.38. The molecule has 0 saturated carbocycles. The summed E-state index contributed by atoms with van der Waals surface area (Å²) < 4.78 is 7.42. The highest BCUT2D eigenvalue weighted by Crippen LogP contribution is 2.25. The molecule has 4 rings (SSSR count). The number of anilines is 1. The molecule has 2 aliphatic rings. The molecule has 1 aromatic heterocycles. The van der Waals surface area contributed by atoms with Gasteiger partial charge in [0.05, 0.1) is 13.2 Å². The number of hydrogen-bond donors (Lipinski definition) is 2. The second kappa shape index (κ2) is 8.12. The highest BCUT2D eigenvalue weighted by molar-refractivity contribution is 5.99. The fourth-order valence-electron chi connectivity index (χ4n) is 3.78. The van der Waals surface area contributed by atoms with Crippen molar-refractivity contribution in [2.45, 2.75) is 25.0 Å². The molecule has 2 N–H and O–H groups in total. The number of carbonyl (C=O) groups excluding carboxylic acids is 2. The average Bonchev–Trinajstić information content (AvgIpc) is 3.15. The number of aromatic hydroxyl groups is 1. The molecular formula is C20H25N5O4. The highest BCUT2D eigenvalue weighted by Gasteiger charge is 2.34. The number of benzene rings is 1. The molecule has 154 valence electrons. The number of rotatable bonds is 3. The molecule has 0 bridgehead atoms. The van der Waals surface area contributed by atoms with E-state index in [-0.39, 0.29) is 23.8 Å². The SMILES string of the molecule is Cn1ccc(N2CCCC(NC(=O)N3CCOC(c4cccc(O)c4)C3)C2=O)n1. The second-order valence-electron chi connectivity index (χ2n) is 7.38.